The van der Waals surface area contributed by atoms with E-state index < -0.39 is 0 Å². The van der Waals surface area contributed by atoms with Crippen molar-refractivity contribution in [3.8, 4) is 17.0 Å². The van der Waals surface area contributed by atoms with Gasteiger partial charge in [-0.3, -0.25) is 4.98 Å². The first kappa shape index (κ1) is 13.1. The topological polar surface area (TPSA) is 22.1 Å². The van der Waals surface area contributed by atoms with Crippen LogP contribution < -0.4 is 4.74 Å². The molecule has 1 heterocycles. The molecule has 2 rings (SSSR count). The lowest BCUT2D eigenvalue weighted by Crippen LogP contribution is -2.05. The average Bonchev–Trinajstić information content (AvgIpc) is 2.28. The summed E-state index contributed by atoms with van der Waals surface area (Å²) in [6.07, 6.45) is 2.00. The Morgan fingerprint density at radius 2 is 2.00 bits per heavy atom. The quantitative estimate of drug-likeness (QED) is 0.826. The van der Waals surface area contributed by atoms with E-state index in [-0.39, 0.29) is 6.10 Å². The van der Waals surface area contributed by atoms with Crippen LogP contribution >= 0.6 is 15.9 Å². The molecule has 0 atom stereocenters. The fourth-order valence-electron chi connectivity index (χ4n) is 1.83. The predicted molar refractivity (Wildman–Crippen MR) is 77.9 cm³/mol. The van der Waals surface area contributed by atoms with E-state index in [0.717, 1.165) is 27.0 Å². The summed E-state index contributed by atoms with van der Waals surface area (Å²) >= 11 is 3.43. The number of aromatic nitrogens is 1. The van der Waals surface area contributed by atoms with E-state index in [1.54, 1.807) is 0 Å². The van der Waals surface area contributed by atoms with Gasteiger partial charge in [-0.2, -0.15) is 0 Å². The largest absolute Gasteiger partial charge is 0.491 e. The summed E-state index contributed by atoms with van der Waals surface area (Å²) < 4.78 is 6.70. The highest BCUT2D eigenvalue weighted by atomic mass is 79.9. The number of pyridine rings is 1. The van der Waals surface area contributed by atoms with Crippen LogP contribution in [-0.4, -0.2) is 11.1 Å². The first-order valence-electron chi connectivity index (χ1n) is 5.95. The van der Waals surface area contributed by atoms with Crippen molar-refractivity contribution in [3.05, 3.63) is 46.6 Å². The predicted octanol–water partition coefficient (Wildman–Crippen LogP) is 4.61. The fraction of sp³-hybridized carbons (Fsp3) is 0.267. The van der Waals surface area contributed by atoms with Gasteiger partial charge in [0.2, 0.25) is 0 Å². The zero-order valence-electron chi connectivity index (χ0n) is 10.8. The average molecular weight is 306 g/mol. The summed E-state index contributed by atoms with van der Waals surface area (Å²) in [5.74, 6) is 0.881. The Balaban J connectivity index is 2.38. The summed E-state index contributed by atoms with van der Waals surface area (Å²) in [6.45, 7) is 6.11. The summed E-state index contributed by atoms with van der Waals surface area (Å²) in [7, 11) is 0. The van der Waals surface area contributed by atoms with Crippen LogP contribution in [0.3, 0.4) is 0 Å². The summed E-state index contributed by atoms with van der Waals surface area (Å²) in [4.78, 5) is 4.47. The lowest BCUT2D eigenvalue weighted by molar-refractivity contribution is 0.242. The number of ether oxygens (including phenoxy) is 1. The number of hydrogen-bond acceptors (Lipinski definition) is 2. The van der Waals surface area contributed by atoms with Crippen LogP contribution in [0.2, 0.25) is 0 Å². The lowest BCUT2D eigenvalue weighted by atomic mass is 10.1. The van der Waals surface area contributed by atoms with Crippen LogP contribution in [0.5, 0.6) is 5.75 Å². The van der Waals surface area contributed by atoms with E-state index >= 15 is 0 Å². The van der Waals surface area contributed by atoms with Crippen molar-refractivity contribution in [2.45, 2.75) is 26.9 Å². The maximum Gasteiger partial charge on any atom is 0.120 e. The molecular formula is C15H16BrNO. The van der Waals surface area contributed by atoms with Gasteiger partial charge in [-0.15, -0.1) is 0 Å². The molecule has 2 aromatic rings. The molecule has 0 fully saturated rings. The molecule has 0 N–H and O–H groups in total. The third-order valence-corrected chi connectivity index (χ3v) is 2.96. The number of benzene rings is 1. The van der Waals surface area contributed by atoms with Crippen LogP contribution in [0, 0.1) is 6.92 Å². The van der Waals surface area contributed by atoms with Crippen LogP contribution in [0.4, 0.5) is 0 Å². The molecule has 0 radical (unpaired) electrons. The summed E-state index contributed by atoms with van der Waals surface area (Å²) in [6, 6.07) is 10.1. The second kappa shape index (κ2) is 5.53. The Labute approximate surface area is 116 Å². The van der Waals surface area contributed by atoms with Crippen molar-refractivity contribution in [2.75, 3.05) is 0 Å². The molecule has 3 heteroatoms. The molecule has 2 nitrogen and oxygen atoms in total. The zero-order valence-corrected chi connectivity index (χ0v) is 12.4. The Bertz CT molecular complexity index is 552. The van der Waals surface area contributed by atoms with Crippen LogP contribution in [0.15, 0.2) is 41.0 Å². The SMILES string of the molecule is Cc1cc(Br)cnc1-c1cccc(OC(C)C)c1. The number of aryl methyl sites for hydroxylation is 1. The Hall–Kier alpha value is -1.35. The Kier molecular flexibility index (Phi) is 4.02. The fourth-order valence-corrected chi connectivity index (χ4v) is 2.28. The molecule has 1 aromatic carbocycles. The minimum Gasteiger partial charge on any atom is -0.491 e. The van der Waals surface area contributed by atoms with E-state index in [0.29, 0.717) is 0 Å². The van der Waals surface area contributed by atoms with Crippen molar-refractivity contribution in [3.63, 3.8) is 0 Å². The van der Waals surface area contributed by atoms with Gasteiger partial charge in [0.15, 0.2) is 0 Å². The highest BCUT2D eigenvalue weighted by molar-refractivity contribution is 9.10. The molecule has 0 spiro atoms. The molecular weight excluding hydrogens is 290 g/mol. The van der Waals surface area contributed by atoms with Crippen molar-refractivity contribution < 1.29 is 4.74 Å². The normalized spacial score (nSPS) is 10.7. The lowest BCUT2D eigenvalue weighted by Gasteiger charge is -2.11. The van der Waals surface area contributed by atoms with Crippen LogP contribution in [0.25, 0.3) is 11.3 Å². The maximum atomic E-state index is 5.70. The minimum atomic E-state index is 0.180. The number of nitrogens with zero attached hydrogens (tertiary/aromatic N) is 1. The molecule has 94 valence electrons. The molecule has 18 heavy (non-hydrogen) atoms. The number of halogens is 1. The molecule has 0 amide bonds. The van der Waals surface area contributed by atoms with Gasteiger partial charge in [0, 0.05) is 16.2 Å². The standard InChI is InChI=1S/C15H16BrNO/c1-10(2)18-14-6-4-5-12(8-14)15-11(3)7-13(16)9-17-15/h4-10H,1-3H3. The molecule has 0 unspecified atom stereocenters. The second-order valence-electron chi connectivity index (χ2n) is 4.51. The van der Waals surface area contributed by atoms with Gasteiger partial charge in [0.1, 0.15) is 5.75 Å². The Morgan fingerprint density at radius 3 is 2.67 bits per heavy atom. The third-order valence-electron chi connectivity index (χ3n) is 2.52. The van der Waals surface area contributed by atoms with Gasteiger partial charge >= 0.3 is 0 Å². The van der Waals surface area contributed by atoms with Gasteiger partial charge in [0.05, 0.1) is 11.8 Å². The van der Waals surface area contributed by atoms with Gasteiger partial charge in [-0.05, 0) is 60.5 Å². The summed E-state index contributed by atoms with van der Waals surface area (Å²) in [5, 5.41) is 0. The molecule has 0 aliphatic rings. The first-order valence-corrected chi connectivity index (χ1v) is 6.75. The molecule has 0 aliphatic carbocycles. The minimum absolute atomic E-state index is 0.180. The molecule has 1 aromatic heterocycles. The van der Waals surface area contributed by atoms with E-state index in [4.69, 9.17) is 4.74 Å². The van der Waals surface area contributed by atoms with Crippen molar-refractivity contribution in [1.29, 1.82) is 0 Å². The van der Waals surface area contributed by atoms with Gasteiger partial charge < -0.3 is 4.74 Å². The number of rotatable bonds is 3. The molecule has 0 aliphatic heterocycles. The summed E-state index contributed by atoms with van der Waals surface area (Å²) in [5.41, 5.74) is 3.22. The van der Waals surface area contributed by atoms with Crippen molar-refractivity contribution in [2.24, 2.45) is 0 Å². The first-order chi connectivity index (χ1) is 8.56. The van der Waals surface area contributed by atoms with Crippen molar-refractivity contribution >= 4 is 15.9 Å². The highest BCUT2D eigenvalue weighted by Gasteiger charge is 2.06. The van der Waals surface area contributed by atoms with E-state index in [9.17, 15) is 0 Å². The smallest absolute Gasteiger partial charge is 0.120 e. The van der Waals surface area contributed by atoms with Gasteiger partial charge in [0.25, 0.3) is 0 Å². The van der Waals surface area contributed by atoms with E-state index in [2.05, 4.69) is 40.0 Å². The zero-order chi connectivity index (χ0) is 13.1. The van der Waals surface area contributed by atoms with Gasteiger partial charge in [-0.25, -0.2) is 0 Å². The Morgan fingerprint density at radius 1 is 1.22 bits per heavy atom. The molecule has 0 bridgehead atoms. The third kappa shape index (κ3) is 3.10. The monoisotopic (exact) mass is 305 g/mol. The molecule has 0 saturated carbocycles. The van der Waals surface area contributed by atoms with E-state index in [1.807, 2.05) is 38.2 Å². The van der Waals surface area contributed by atoms with E-state index in [1.165, 1.54) is 0 Å². The maximum absolute atomic E-state index is 5.70. The van der Waals surface area contributed by atoms with Crippen LogP contribution in [0.1, 0.15) is 19.4 Å². The highest BCUT2D eigenvalue weighted by Crippen LogP contribution is 2.26. The van der Waals surface area contributed by atoms with Crippen molar-refractivity contribution in [1.82, 2.24) is 4.98 Å². The number of hydrogen-bond donors (Lipinski definition) is 0. The van der Waals surface area contributed by atoms with Crippen LogP contribution in [-0.2, 0) is 0 Å². The molecule has 0 saturated heterocycles. The van der Waals surface area contributed by atoms with Gasteiger partial charge in [-0.1, -0.05) is 12.1 Å². The second-order valence-corrected chi connectivity index (χ2v) is 5.43.